The number of esters is 1. The Morgan fingerprint density at radius 1 is 1.14 bits per heavy atom. The normalized spacial score (nSPS) is 14.1. The Bertz CT molecular complexity index is 1190. The highest BCUT2D eigenvalue weighted by Gasteiger charge is 2.26. The van der Waals surface area contributed by atoms with Gasteiger partial charge in [-0.3, -0.25) is 0 Å². The van der Waals surface area contributed by atoms with Gasteiger partial charge in [0.2, 0.25) is 0 Å². The molecule has 5 heteroatoms. The van der Waals surface area contributed by atoms with Crippen LogP contribution in [0.3, 0.4) is 0 Å². The standard InChI is InChI=1S/C24H25NO4/c1-14-9-21-19(12-24(27)29-22(21)10-15(14)2)13-28-23(26)8-5-18-11-16(3)25(17(18)4)20-6-7-20/h5,8-12,20H,6-7,13H2,1-4H3/b8-5+. The van der Waals surface area contributed by atoms with Gasteiger partial charge in [0, 0.05) is 40.5 Å². The molecule has 5 nitrogen and oxygen atoms in total. The van der Waals surface area contributed by atoms with E-state index in [0.29, 0.717) is 17.2 Å². The molecule has 0 saturated heterocycles. The Morgan fingerprint density at radius 3 is 2.59 bits per heavy atom. The number of aromatic nitrogens is 1. The number of hydrogen-bond acceptors (Lipinski definition) is 4. The number of carbonyl (C=O) groups excluding carboxylic acids is 1. The minimum absolute atomic E-state index is 0.0227. The van der Waals surface area contributed by atoms with E-state index in [1.165, 1.54) is 36.4 Å². The first kappa shape index (κ1) is 19.2. The quantitative estimate of drug-likeness (QED) is 0.352. The van der Waals surface area contributed by atoms with Crippen LogP contribution in [0.25, 0.3) is 17.0 Å². The van der Waals surface area contributed by atoms with Crippen LogP contribution in [0, 0.1) is 27.7 Å². The summed E-state index contributed by atoms with van der Waals surface area (Å²) in [6.07, 6.45) is 5.69. The topological polar surface area (TPSA) is 61.4 Å². The maximum atomic E-state index is 12.3. The maximum Gasteiger partial charge on any atom is 0.336 e. The molecule has 2 aromatic heterocycles. The second kappa shape index (κ2) is 7.39. The fourth-order valence-electron chi connectivity index (χ4n) is 3.82. The van der Waals surface area contributed by atoms with E-state index in [1.807, 2.05) is 26.0 Å². The number of carbonyl (C=O) groups is 1. The van der Waals surface area contributed by atoms with Crippen LogP contribution in [-0.2, 0) is 16.1 Å². The summed E-state index contributed by atoms with van der Waals surface area (Å²) in [7, 11) is 0. The lowest BCUT2D eigenvalue weighted by molar-refractivity contribution is -0.138. The smallest absolute Gasteiger partial charge is 0.336 e. The van der Waals surface area contributed by atoms with Crippen LogP contribution in [0.15, 0.2) is 39.6 Å². The molecular weight excluding hydrogens is 366 g/mol. The van der Waals surface area contributed by atoms with E-state index in [-0.39, 0.29) is 6.61 Å². The molecular formula is C24H25NO4. The molecule has 3 aromatic rings. The fraction of sp³-hybridized carbons (Fsp3) is 0.333. The molecule has 150 valence electrons. The summed E-state index contributed by atoms with van der Waals surface area (Å²) in [6.45, 7) is 8.16. The fourth-order valence-corrected chi connectivity index (χ4v) is 3.82. The van der Waals surface area contributed by atoms with E-state index >= 15 is 0 Å². The predicted octanol–water partition coefficient (Wildman–Crippen LogP) is 4.92. The van der Waals surface area contributed by atoms with E-state index in [1.54, 1.807) is 6.08 Å². The molecule has 1 aliphatic carbocycles. The van der Waals surface area contributed by atoms with Crippen LogP contribution in [0.4, 0.5) is 0 Å². The molecule has 0 bridgehead atoms. The highest BCUT2D eigenvalue weighted by Crippen LogP contribution is 2.38. The van der Waals surface area contributed by atoms with Crippen molar-refractivity contribution < 1.29 is 13.9 Å². The summed E-state index contributed by atoms with van der Waals surface area (Å²) < 4.78 is 13.0. The SMILES string of the molecule is Cc1cc2oc(=O)cc(COC(=O)/C=C/c3cc(C)n(C4CC4)c3C)c2cc1C. The van der Waals surface area contributed by atoms with Crippen molar-refractivity contribution in [2.45, 2.75) is 53.2 Å². The molecule has 1 fully saturated rings. The number of nitrogens with zero attached hydrogens (tertiary/aromatic N) is 1. The zero-order valence-corrected chi connectivity index (χ0v) is 17.2. The molecule has 0 N–H and O–H groups in total. The highest BCUT2D eigenvalue weighted by molar-refractivity contribution is 5.88. The molecule has 0 spiro atoms. The van der Waals surface area contributed by atoms with Gasteiger partial charge >= 0.3 is 11.6 Å². The van der Waals surface area contributed by atoms with E-state index in [4.69, 9.17) is 9.15 Å². The van der Waals surface area contributed by atoms with Gasteiger partial charge in [-0.15, -0.1) is 0 Å². The van der Waals surface area contributed by atoms with Gasteiger partial charge in [-0.2, -0.15) is 0 Å². The minimum Gasteiger partial charge on any atom is -0.458 e. The summed E-state index contributed by atoms with van der Waals surface area (Å²) in [5.74, 6) is -0.438. The summed E-state index contributed by atoms with van der Waals surface area (Å²) >= 11 is 0. The van der Waals surface area contributed by atoms with Crippen LogP contribution < -0.4 is 5.63 Å². The van der Waals surface area contributed by atoms with Crippen molar-refractivity contribution in [2.75, 3.05) is 0 Å². The number of hydrogen-bond donors (Lipinski definition) is 0. The summed E-state index contributed by atoms with van der Waals surface area (Å²) in [5.41, 5.74) is 6.25. The molecule has 0 aliphatic heterocycles. The molecule has 29 heavy (non-hydrogen) atoms. The highest BCUT2D eigenvalue weighted by atomic mass is 16.5. The number of aryl methyl sites for hydroxylation is 3. The van der Waals surface area contributed by atoms with E-state index in [2.05, 4.69) is 24.5 Å². The van der Waals surface area contributed by atoms with E-state index < -0.39 is 11.6 Å². The lowest BCUT2D eigenvalue weighted by Crippen LogP contribution is -2.06. The number of rotatable bonds is 5. The molecule has 0 unspecified atom stereocenters. The molecule has 0 radical (unpaired) electrons. The van der Waals surface area contributed by atoms with Crippen molar-refractivity contribution in [1.82, 2.24) is 4.57 Å². The van der Waals surface area contributed by atoms with Crippen LogP contribution in [0.2, 0.25) is 0 Å². The van der Waals surface area contributed by atoms with Crippen LogP contribution in [-0.4, -0.2) is 10.5 Å². The summed E-state index contributed by atoms with van der Waals surface area (Å²) in [6, 6.07) is 7.89. The number of ether oxygens (including phenoxy) is 1. The van der Waals surface area contributed by atoms with Crippen molar-refractivity contribution in [1.29, 1.82) is 0 Å². The Labute approximate surface area is 169 Å². The van der Waals surface area contributed by atoms with E-state index in [9.17, 15) is 9.59 Å². The Morgan fingerprint density at radius 2 is 1.86 bits per heavy atom. The van der Waals surface area contributed by atoms with Gasteiger partial charge in [0.25, 0.3) is 0 Å². The molecule has 0 atom stereocenters. The van der Waals surface area contributed by atoms with Crippen molar-refractivity contribution in [3.05, 3.63) is 74.4 Å². The average Bonchev–Trinajstić information content (AvgIpc) is 3.45. The Balaban J connectivity index is 1.50. The average molecular weight is 391 g/mol. The van der Waals surface area contributed by atoms with Crippen molar-refractivity contribution in [3.63, 3.8) is 0 Å². The van der Waals surface area contributed by atoms with Gasteiger partial charge in [-0.1, -0.05) is 0 Å². The van der Waals surface area contributed by atoms with Gasteiger partial charge in [0.1, 0.15) is 12.2 Å². The molecule has 1 aliphatic rings. The van der Waals surface area contributed by atoms with Crippen molar-refractivity contribution in [3.8, 4) is 0 Å². The number of fused-ring (bicyclic) bond motifs is 1. The Kier molecular flexibility index (Phi) is 4.91. The first-order chi connectivity index (χ1) is 13.8. The monoisotopic (exact) mass is 391 g/mol. The van der Waals surface area contributed by atoms with Crippen LogP contribution in [0.1, 0.15) is 52.5 Å². The maximum absolute atomic E-state index is 12.3. The van der Waals surface area contributed by atoms with Gasteiger partial charge in [-0.25, -0.2) is 9.59 Å². The summed E-state index contributed by atoms with van der Waals surface area (Å²) in [5, 5.41) is 0.789. The molecule has 0 amide bonds. The second-order valence-corrected chi connectivity index (χ2v) is 7.89. The largest absolute Gasteiger partial charge is 0.458 e. The van der Waals surface area contributed by atoms with Gasteiger partial charge in [-0.05, 0) is 81.5 Å². The molecule has 1 aromatic carbocycles. The first-order valence-corrected chi connectivity index (χ1v) is 9.90. The molecule has 4 rings (SSSR count). The van der Waals surface area contributed by atoms with Crippen LogP contribution >= 0.6 is 0 Å². The lowest BCUT2D eigenvalue weighted by Gasteiger charge is -2.08. The minimum atomic E-state index is -0.449. The van der Waals surface area contributed by atoms with Gasteiger partial charge < -0.3 is 13.7 Å². The third-order valence-electron chi connectivity index (χ3n) is 5.65. The zero-order valence-electron chi connectivity index (χ0n) is 17.2. The molecule has 1 saturated carbocycles. The van der Waals surface area contributed by atoms with E-state index in [0.717, 1.165) is 22.1 Å². The van der Waals surface area contributed by atoms with Gasteiger partial charge in [0.05, 0.1) is 0 Å². The zero-order chi connectivity index (χ0) is 20.7. The summed E-state index contributed by atoms with van der Waals surface area (Å²) in [4.78, 5) is 24.1. The van der Waals surface area contributed by atoms with Crippen molar-refractivity contribution in [2.24, 2.45) is 0 Å². The third-order valence-corrected chi connectivity index (χ3v) is 5.65. The predicted molar refractivity (Wildman–Crippen MR) is 113 cm³/mol. The van der Waals surface area contributed by atoms with Crippen LogP contribution in [0.5, 0.6) is 0 Å². The molecule has 2 heterocycles. The van der Waals surface area contributed by atoms with Crippen molar-refractivity contribution >= 4 is 23.0 Å². The first-order valence-electron chi connectivity index (χ1n) is 9.90. The number of benzene rings is 1. The lowest BCUT2D eigenvalue weighted by atomic mass is 10.0. The Hall–Kier alpha value is -3.08. The third kappa shape index (κ3) is 3.90. The van der Waals surface area contributed by atoms with Gasteiger partial charge in [0.15, 0.2) is 0 Å². The second-order valence-electron chi connectivity index (χ2n) is 7.89.